The normalized spacial score (nSPS) is 13.0. The minimum atomic E-state index is -5.79. The Kier molecular flexibility index (Phi) is 7.70. The highest BCUT2D eigenvalue weighted by Gasteiger charge is 2.47. The number of carbonyl (C=O) groups excluding carboxylic acids is 1. The monoisotopic (exact) mass is 579 g/mol. The van der Waals surface area contributed by atoms with Gasteiger partial charge in [-0.25, -0.2) is 17.2 Å². The number of hydrogen-bond acceptors (Lipinski definition) is 5. The zero-order chi connectivity index (χ0) is 23.6. The molecular weight excluding hydrogens is 564 g/mol. The standard InChI is InChI=1S/C17H15F5IN3O4S/c1-2-14(26-31(28,29)17(20,21)22)30-13-6-8(18)5-12(15(13)16(24)27)25-11-4-3-9(23)7-10(11)19/h3-7,14,25-26H,2H2,1H3,(H2,24,27). The van der Waals surface area contributed by atoms with Gasteiger partial charge in [0.25, 0.3) is 5.91 Å². The van der Waals surface area contributed by atoms with Crippen LogP contribution in [0.3, 0.4) is 0 Å². The molecule has 0 saturated carbocycles. The van der Waals surface area contributed by atoms with E-state index in [0.29, 0.717) is 9.64 Å². The topological polar surface area (TPSA) is 111 Å². The van der Waals surface area contributed by atoms with Crippen LogP contribution in [0.5, 0.6) is 5.75 Å². The average molecular weight is 579 g/mol. The summed E-state index contributed by atoms with van der Waals surface area (Å²) in [7, 11) is -5.79. The van der Waals surface area contributed by atoms with E-state index in [2.05, 4.69) is 5.32 Å². The van der Waals surface area contributed by atoms with Crippen molar-refractivity contribution < 1.29 is 39.9 Å². The number of amides is 1. The maximum absolute atomic E-state index is 14.1. The number of halogens is 6. The lowest BCUT2D eigenvalue weighted by Gasteiger charge is -2.22. The van der Waals surface area contributed by atoms with Crippen molar-refractivity contribution >= 4 is 49.9 Å². The molecule has 14 heteroatoms. The first-order valence-electron chi connectivity index (χ1n) is 8.35. The Bertz CT molecular complexity index is 1100. The molecule has 31 heavy (non-hydrogen) atoms. The van der Waals surface area contributed by atoms with E-state index in [-0.39, 0.29) is 17.8 Å². The van der Waals surface area contributed by atoms with Gasteiger partial charge in [0.15, 0.2) is 6.23 Å². The summed E-state index contributed by atoms with van der Waals surface area (Å²) in [6.07, 6.45) is -2.13. The molecule has 1 amide bonds. The molecular formula is C17H15F5IN3O4S. The number of ether oxygens (including phenoxy) is 1. The fraction of sp³-hybridized carbons (Fsp3) is 0.235. The Hall–Kier alpha value is -2.20. The second kappa shape index (κ2) is 9.52. The number of nitrogens with two attached hydrogens (primary N) is 1. The Labute approximate surface area is 187 Å². The van der Waals surface area contributed by atoms with Crippen molar-refractivity contribution in [2.24, 2.45) is 5.73 Å². The van der Waals surface area contributed by atoms with Crippen LogP contribution in [0.2, 0.25) is 0 Å². The van der Waals surface area contributed by atoms with Crippen molar-refractivity contribution in [2.45, 2.75) is 25.1 Å². The number of rotatable bonds is 8. The van der Waals surface area contributed by atoms with Crippen molar-refractivity contribution in [3.8, 4) is 5.75 Å². The Morgan fingerprint density at radius 2 is 1.84 bits per heavy atom. The van der Waals surface area contributed by atoms with Gasteiger partial charge >= 0.3 is 15.5 Å². The summed E-state index contributed by atoms with van der Waals surface area (Å²) in [5.41, 5.74) is -1.33. The third-order valence-corrected chi connectivity index (χ3v) is 5.60. The number of benzene rings is 2. The molecule has 2 aromatic carbocycles. The minimum absolute atomic E-state index is 0.149. The predicted octanol–water partition coefficient (Wildman–Crippen LogP) is 3.97. The van der Waals surface area contributed by atoms with Crippen molar-refractivity contribution in [1.82, 2.24) is 4.72 Å². The summed E-state index contributed by atoms with van der Waals surface area (Å²) in [6.45, 7) is 1.28. The van der Waals surface area contributed by atoms with Crippen LogP contribution < -0.4 is 20.5 Å². The number of nitrogens with one attached hydrogen (secondary N) is 2. The fourth-order valence-corrected chi connectivity index (χ4v) is 3.50. The first-order chi connectivity index (χ1) is 14.2. The summed E-state index contributed by atoms with van der Waals surface area (Å²) in [6, 6.07) is 5.42. The zero-order valence-electron chi connectivity index (χ0n) is 15.6. The summed E-state index contributed by atoms with van der Waals surface area (Å²) < 4.78 is 95.8. The summed E-state index contributed by atoms with van der Waals surface area (Å²) in [4.78, 5) is 12.0. The molecule has 0 saturated heterocycles. The first kappa shape index (κ1) is 25.1. The fourth-order valence-electron chi connectivity index (χ4n) is 2.35. The van der Waals surface area contributed by atoms with Crippen molar-refractivity contribution in [3.05, 3.63) is 51.1 Å². The summed E-state index contributed by atoms with van der Waals surface area (Å²) in [5.74, 6) is -3.57. The van der Waals surface area contributed by atoms with Crippen LogP contribution in [-0.2, 0) is 10.0 Å². The Morgan fingerprint density at radius 1 is 1.19 bits per heavy atom. The molecule has 0 aliphatic heterocycles. The van der Waals surface area contributed by atoms with E-state index in [9.17, 15) is 35.2 Å². The molecule has 0 heterocycles. The molecule has 170 valence electrons. The van der Waals surface area contributed by atoms with E-state index in [1.165, 1.54) is 23.8 Å². The average Bonchev–Trinajstić information content (AvgIpc) is 2.61. The minimum Gasteiger partial charge on any atom is -0.473 e. The van der Waals surface area contributed by atoms with Crippen LogP contribution in [0, 0.1) is 15.2 Å². The number of primary amides is 1. The summed E-state index contributed by atoms with van der Waals surface area (Å²) >= 11 is 1.86. The molecule has 0 spiro atoms. The number of anilines is 2. The van der Waals surface area contributed by atoms with Crippen LogP contribution in [-0.4, -0.2) is 26.1 Å². The second-order valence-corrected chi connectivity index (χ2v) is 8.97. The predicted molar refractivity (Wildman–Crippen MR) is 110 cm³/mol. The third kappa shape index (κ3) is 6.16. The van der Waals surface area contributed by atoms with Crippen LogP contribution >= 0.6 is 22.6 Å². The van der Waals surface area contributed by atoms with Gasteiger partial charge in [-0.15, -0.1) is 0 Å². The zero-order valence-corrected chi connectivity index (χ0v) is 18.5. The number of carbonyl (C=O) groups is 1. The number of hydrogen-bond donors (Lipinski definition) is 3. The maximum Gasteiger partial charge on any atom is 0.511 e. The molecule has 0 aliphatic rings. The van der Waals surface area contributed by atoms with Gasteiger partial charge in [-0.2, -0.15) is 17.9 Å². The van der Waals surface area contributed by atoms with Crippen molar-refractivity contribution in [1.29, 1.82) is 0 Å². The molecule has 4 N–H and O–H groups in total. The van der Waals surface area contributed by atoms with Crippen molar-refractivity contribution in [3.63, 3.8) is 0 Å². The van der Waals surface area contributed by atoms with Crippen LogP contribution in [0.25, 0.3) is 0 Å². The lowest BCUT2D eigenvalue weighted by molar-refractivity contribution is -0.0462. The largest absolute Gasteiger partial charge is 0.511 e. The maximum atomic E-state index is 14.1. The molecule has 2 rings (SSSR count). The van der Waals surface area contributed by atoms with Crippen LogP contribution in [0.4, 0.5) is 33.3 Å². The van der Waals surface area contributed by atoms with Gasteiger partial charge in [0.05, 0.1) is 11.4 Å². The molecule has 7 nitrogen and oxygen atoms in total. The second-order valence-electron chi connectivity index (χ2n) is 6.02. The lowest BCUT2D eigenvalue weighted by atomic mass is 10.1. The van der Waals surface area contributed by atoms with E-state index < -0.39 is 50.6 Å². The smallest absolute Gasteiger partial charge is 0.473 e. The highest BCUT2D eigenvalue weighted by atomic mass is 127. The van der Waals surface area contributed by atoms with Crippen LogP contribution in [0.15, 0.2) is 30.3 Å². The highest BCUT2D eigenvalue weighted by molar-refractivity contribution is 14.1. The first-order valence-corrected chi connectivity index (χ1v) is 10.9. The van der Waals surface area contributed by atoms with Gasteiger partial charge in [-0.1, -0.05) is 6.92 Å². The number of sulfonamides is 1. The van der Waals surface area contributed by atoms with Gasteiger partial charge in [0.1, 0.15) is 22.9 Å². The highest BCUT2D eigenvalue weighted by Crippen LogP contribution is 2.33. The lowest BCUT2D eigenvalue weighted by Crippen LogP contribution is -2.45. The molecule has 1 unspecified atom stereocenters. The van der Waals surface area contributed by atoms with E-state index >= 15 is 0 Å². The molecule has 1 atom stereocenters. The van der Waals surface area contributed by atoms with Gasteiger partial charge in [0, 0.05) is 9.64 Å². The van der Waals surface area contributed by atoms with Gasteiger partial charge in [-0.3, -0.25) is 4.79 Å². The third-order valence-electron chi connectivity index (χ3n) is 3.75. The Morgan fingerprint density at radius 3 is 2.35 bits per heavy atom. The van der Waals surface area contributed by atoms with E-state index in [1.807, 2.05) is 22.6 Å². The molecule has 2 aromatic rings. The Balaban J connectivity index is 2.47. The SMILES string of the molecule is CCC(NS(=O)(=O)C(F)(F)F)Oc1cc(F)cc(Nc2ccc(I)cc2F)c1C(N)=O. The summed E-state index contributed by atoms with van der Waals surface area (Å²) in [5, 5.41) is 2.48. The molecule has 0 aromatic heterocycles. The van der Waals surface area contributed by atoms with E-state index in [1.54, 1.807) is 0 Å². The van der Waals surface area contributed by atoms with E-state index in [4.69, 9.17) is 10.5 Å². The van der Waals surface area contributed by atoms with Gasteiger partial charge in [-0.05, 0) is 53.3 Å². The quantitative estimate of drug-likeness (QED) is 0.249. The number of alkyl halides is 3. The molecule has 0 radical (unpaired) electrons. The van der Waals surface area contributed by atoms with E-state index in [0.717, 1.165) is 12.1 Å². The molecule has 0 bridgehead atoms. The van der Waals surface area contributed by atoms with Gasteiger partial charge < -0.3 is 15.8 Å². The van der Waals surface area contributed by atoms with Gasteiger partial charge in [0.2, 0.25) is 0 Å². The van der Waals surface area contributed by atoms with Crippen molar-refractivity contribution in [2.75, 3.05) is 5.32 Å². The molecule has 0 fully saturated rings. The molecule has 0 aliphatic carbocycles. The van der Waals surface area contributed by atoms with Crippen LogP contribution in [0.1, 0.15) is 23.7 Å².